The Morgan fingerprint density at radius 2 is 1.83 bits per heavy atom. The number of thiophene rings is 1. The highest BCUT2D eigenvalue weighted by Crippen LogP contribution is 2.35. The number of piperidine rings is 1. The van der Waals surface area contributed by atoms with Gasteiger partial charge in [-0.2, -0.15) is 0 Å². The van der Waals surface area contributed by atoms with Gasteiger partial charge in [-0.3, -0.25) is 9.69 Å². The zero-order valence-electron chi connectivity index (χ0n) is 18.0. The predicted octanol–water partition coefficient (Wildman–Crippen LogP) is 4.52. The van der Waals surface area contributed by atoms with Gasteiger partial charge >= 0.3 is 5.97 Å². The molecule has 0 aliphatic carbocycles. The topological polar surface area (TPSA) is 49.9 Å². The van der Waals surface area contributed by atoms with Gasteiger partial charge in [-0.05, 0) is 49.3 Å². The number of nitrogens with zero attached hydrogens (tertiary/aromatic N) is 2. The van der Waals surface area contributed by atoms with Crippen molar-refractivity contribution in [2.24, 2.45) is 0 Å². The number of anilines is 1. The van der Waals surface area contributed by atoms with Crippen LogP contribution in [0.1, 0.15) is 44.4 Å². The summed E-state index contributed by atoms with van der Waals surface area (Å²) in [5.41, 5.74) is -0.173. The van der Waals surface area contributed by atoms with E-state index in [1.807, 2.05) is 44.2 Å². The average Bonchev–Trinajstić information content (AvgIpc) is 3.31. The van der Waals surface area contributed by atoms with Crippen molar-refractivity contribution in [3.8, 4) is 0 Å². The summed E-state index contributed by atoms with van der Waals surface area (Å²) in [7, 11) is 0. The summed E-state index contributed by atoms with van der Waals surface area (Å²) in [6.07, 6.45) is 3.30. The smallest absolute Gasteiger partial charge is 0.332 e. The van der Waals surface area contributed by atoms with Crippen LogP contribution in [-0.2, 0) is 20.7 Å². The Balaban J connectivity index is 1.82. The van der Waals surface area contributed by atoms with Gasteiger partial charge in [0.2, 0.25) is 5.91 Å². The van der Waals surface area contributed by atoms with E-state index < -0.39 is 5.54 Å². The van der Waals surface area contributed by atoms with E-state index in [-0.39, 0.29) is 11.9 Å². The summed E-state index contributed by atoms with van der Waals surface area (Å²) in [5.74, 6) is -0.311. The molecule has 1 aliphatic rings. The number of esters is 1. The van der Waals surface area contributed by atoms with Crippen LogP contribution in [0.4, 0.5) is 5.69 Å². The zero-order valence-corrected chi connectivity index (χ0v) is 18.8. The van der Waals surface area contributed by atoms with E-state index >= 15 is 0 Å². The normalized spacial score (nSPS) is 16.2. The molecule has 3 rings (SSSR count). The molecule has 0 atom stereocenters. The number of hydrogen-bond acceptors (Lipinski definition) is 5. The average molecular weight is 429 g/mol. The van der Waals surface area contributed by atoms with Gasteiger partial charge in [0.1, 0.15) is 5.54 Å². The molecule has 0 unspecified atom stereocenters. The lowest BCUT2D eigenvalue weighted by Crippen LogP contribution is -2.63. The maximum Gasteiger partial charge on any atom is 0.332 e. The first kappa shape index (κ1) is 22.5. The lowest BCUT2D eigenvalue weighted by molar-refractivity contribution is -0.154. The van der Waals surface area contributed by atoms with Crippen molar-refractivity contribution < 1.29 is 14.3 Å². The molecular weight excluding hydrogens is 396 g/mol. The minimum absolute atomic E-state index is 0.0401. The van der Waals surface area contributed by atoms with Gasteiger partial charge in [0.25, 0.3) is 0 Å². The molecule has 0 saturated carbocycles. The Hall–Kier alpha value is -2.18. The lowest BCUT2D eigenvalue weighted by atomic mass is 9.84. The maximum absolute atomic E-state index is 13.3. The van der Waals surface area contributed by atoms with E-state index in [4.69, 9.17) is 4.74 Å². The fraction of sp³-hybridized carbons (Fsp3) is 0.500. The standard InChI is InChI=1S/C24H32N2O3S/c1-3-18-29-23(28)24(26(22(27)4-2)20-9-6-5-7-10-20)13-16-25(17-14-24)15-12-21-11-8-19-30-21/h5-11,19H,3-4,12-18H2,1-2H3. The number of para-hydroxylation sites is 1. The van der Waals surface area contributed by atoms with Crippen molar-refractivity contribution in [3.63, 3.8) is 0 Å². The van der Waals surface area contributed by atoms with Crippen molar-refractivity contribution >= 4 is 28.9 Å². The number of carbonyl (C=O) groups is 2. The monoisotopic (exact) mass is 428 g/mol. The van der Waals surface area contributed by atoms with Gasteiger partial charge in [-0.15, -0.1) is 11.3 Å². The second kappa shape index (κ2) is 10.7. The Morgan fingerprint density at radius 1 is 1.10 bits per heavy atom. The van der Waals surface area contributed by atoms with E-state index in [2.05, 4.69) is 22.4 Å². The minimum Gasteiger partial charge on any atom is -0.464 e. The van der Waals surface area contributed by atoms with Crippen molar-refractivity contribution in [2.45, 2.75) is 51.5 Å². The molecule has 1 saturated heterocycles. The molecule has 5 nitrogen and oxygen atoms in total. The van der Waals surface area contributed by atoms with Crippen LogP contribution in [0.25, 0.3) is 0 Å². The van der Waals surface area contributed by atoms with Crippen LogP contribution in [0.2, 0.25) is 0 Å². The fourth-order valence-corrected chi connectivity index (χ4v) is 4.78. The summed E-state index contributed by atoms with van der Waals surface area (Å²) in [5, 5.41) is 2.11. The molecule has 0 spiro atoms. The zero-order chi connectivity index (χ0) is 21.4. The molecule has 162 valence electrons. The number of likely N-dealkylation sites (tertiary alicyclic amines) is 1. The van der Waals surface area contributed by atoms with Crippen LogP contribution in [0.3, 0.4) is 0 Å². The van der Waals surface area contributed by atoms with E-state index in [1.54, 1.807) is 16.2 Å². The minimum atomic E-state index is -0.941. The van der Waals surface area contributed by atoms with E-state index in [9.17, 15) is 9.59 Å². The van der Waals surface area contributed by atoms with Crippen molar-refractivity contribution in [3.05, 3.63) is 52.7 Å². The fourth-order valence-electron chi connectivity index (χ4n) is 4.08. The third kappa shape index (κ3) is 5.10. The van der Waals surface area contributed by atoms with Crippen molar-refractivity contribution in [1.29, 1.82) is 0 Å². The van der Waals surface area contributed by atoms with Crippen LogP contribution in [0, 0.1) is 0 Å². The maximum atomic E-state index is 13.3. The molecule has 2 aromatic rings. The highest BCUT2D eigenvalue weighted by molar-refractivity contribution is 7.09. The summed E-state index contributed by atoms with van der Waals surface area (Å²) >= 11 is 1.78. The molecule has 6 heteroatoms. The van der Waals surface area contributed by atoms with Gasteiger partial charge in [0.15, 0.2) is 0 Å². The van der Waals surface area contributed by atoms with E-state index in [0.717, 1.165) is 38.2 Å². The number of benzene rings is 1. The Bertz CT molecular complexity index is 799. The first-order valence-corrected chi connectivity index (χ1v) is 11.8. The Morgan fingerprint density at radius 3 is 2.43 bits per heavy atom. The number of ether oxygens (including phenoxy) is 1. The second-order valence-electron chi connectivity index (χ2n) is 7.76. The summed E-state index contributed by atoms with van der Waals surface area (Å²) in [6, 6.07) is 13.8. The molecule has 1 fully saturated rings. The predicted molar refractivity (Wildman–Crippen MR) is 122 cm³/mol. The van der Waals surface area contributed by atoms with Gasteiger partial charge < -0.3 is 9.64 Å². The van der Waals surface area contributed by atoms with Crippen molar-refractivity contribution in [1.82, 2.24) is 4.90 Å². The van der Waals surface area contributed by atoms with Crippen LogP contribution in [0.15, 0.2) is 47.8 Å². The molecular formula is C24H32N2O3S. The molecule has 0 bridgehead atoms. The van der Waals surface area contributed by atoms with Crippen LogP contribution in [-0.4, -0.2) is 48.6 Å². The summed E-state index contributed by atoms with van der Waals surface area (Å²) in [6.45, 7) is 6.72. The van der Waals surface area contributed by atoms with Crippen LogP contribution in [0.5, 0.6) is 0 Å². The highest BCUT2D eigenvalue weighted by Gasteiger charge is 2.50. The number of carbonyl (C=O) groups excluding carboxylic acids is 2. The highest BCUT2D eigenvalue weighted by atomic mass is 32.1. The molecule has 1 aromatic heterocycles. The second-order valence-corrected chi connectivity index (χ2v) is 8.79. The van der Waals surface area contributed by atoms with Crippen LogP contribution >= 0.6 is 11.3 Å². The molecule has 1 aliphatic heterocycles. The number of amides is 1. The molecule has 0 N–H and O–H groups in total. The van der Waals surface area contributed by atoms with Crippen LogP contribution < -0.4 is 4.90 Å². The number of rotatable bonds is 9. The first-order valence-electron chi connectivity index (χ1n) is 10.9. The van der Waals surface area contributed by atoms with E-state index in [1.165, 1.54) is 4.88 Å². The SMILES string of the molecule is CCCOC(=O)C1(N(C(=O)CC)c2ccccc2)CCN(CCc2cccs2)CC1. The third-order valence-corrected chi connectivity index (χ3v) is 6.69. The Labute approximate surface area is 183 Å². The molecule has 1 aromatic carbocycles. The molecule has 1 amide bonds. The molecule has 0 radical (unpaired) electrons. The third-order valence-electron chi connectivity index (χ3n) is 5.75. The number of hydrogen-bond donors (Lipinski definition) is 0. The molecule has 30 heavy (non-hydrogen) atoms. The van der Waals surface area contributed by atoms with Gasteiger partial charge in [-0.25, -0.2) is 4.79 Å². The summed E-state index contributed by atoms with van der Waals surface area (Å²) in [4.78, 5) is 31.9. The lowest BCUT2D eigenvalue weighted by Gasteiger charge is -2.46. The van der Waals surface area contributed by atoms with Gasteiger partial charge in [0, 0.05) is 36.6 Å². The summed E-state index contributed by atoms with van der Waals surface area (Å²) < 4.78 is 5.64. The molecule has 2 heterocycles. The van der Waals surface area contributed by atoms with Gasteiger partial charge in [-0.1, -0.05) is 38.1 Å². The first-order chi connectivity index (χ1) is 14.6. The van der Waals surface area contributed by atoms with Crippen molar-refractivity contribution in [2.75, 3.05) is 31.1 Å². The van der Waals surface area contributed by atoms with Gasteiger partial charge in [0.05, 0.1) is 6.61 Å². The Kier molecular flexibility index (Phi) is 8.05. The largest absolute Gasteiger partial charge is 0.464 e. The van der Waals surface area contributed by atoms with E-state index in [0.29, 0.717) is 25.9 Å². The quantitative estimate of drug-likeness (QED) is 0.551.